The zero-order valence-electron chi connectivity index (χ0n) is 12.1. The molecule has 0 amide bonds. The highest BCUT2D eigenvalue weighted by molar-refractivity contribution is 6.42. The lowest BCUT2D eigenvalue weighted by atomic mass is 9.68. The predicted molar refractivity (Wildman–Crippen MR) is 88.2 cm³/mol. The van der Waals surface area contributed by atoms with E-state index in [2.05, 4.69) is 0 Å². The van der Waals surface area contributed by atoms with Crippen LogP contribution in [0.2, 0.25) is 10.0 Å². The molecule has 3 N–H and O–H groups in total. The molecule has 3 rings (SSSR count). The van der Waals surface area contributed by atoms with E-state index in [-0.39, 0.29) is 0 Å². The number of fused-ring (bicyclic) bond motifs is 1. The number of hydrogen-bond donors (Lipinski definition) is 2. The summed E-state index contributed by atoms with van der Waals surface area (Å²) in [7, 11) is 0. The summed E-state index contributed by atoms with van der Waals surface area (Å²) in [5.74, 6) is 0. The van der Waals surface area contributed by atoms with E-state index in [1.54, 1.807) is 12.1 Å². The molecule has 22 heavy (non-hydrogen) atoms. The number of halogens is 2. The molecule has 0 spiro atoms. The monoisotopic (exact) mass is 337 g/mol. The Hall–Kier alpha value is -1.10. The summed E-state index contributed by atoms with van der Waals surface area (Å²) in [6.07, 6.45) is 1.22. The molecule has 0 radical (unpaired) electrons. The average molecular weight is 338 g/mol. The smallest absolute Gasteiger partial charge is 0.154 e. The summed E-state index contributed by atoms with van der Waals surface area (Å²) >= 11 is 12.1. The van der Waals surface area contributed by atoms with Crippen LogP contribution in [0.1, 0.15) is 36.5 Å². The molecular weight excluding hydrogens is 321 g/mol. The molecule has 0 bridgehead atoms. The quantitative estimate of drug-likeness (QED) is 0.617. The lowest BCUT2D eigenvalue weighted by Crippen LogP contribution is -2.45. The van der Waals surface area contributed by atoms with E-state index in [4.69, 9.17) is 33.8 Å². The van der Waals surface area contributed by atoms with Crippen molar-refractivity contribution < 1.29 is 10.1 Å². The molecule has 116 valence electrons. The summed E-state index contributed by atoms with van der Waals surface area (Å²) in [6.45, 7) is 1.99. The lowest BCUT2D eigenvalue weighted by molar-refractivity contribution is -0.320. The first-order chi connectivity index (χ1) is 10.4. The molecule has 0 fully saturated rings. The summed E-state index contributed by atoms with van der Waals surface area (Å²) in [6, 6.07) is 13.0. The highest BCUT2D eigenvalue weighted by Crippen LogP contribution is 2.48. The Morgan fingerprint density at radius 2 is 1.73 bits per heavy atom. The standard InChI is InChI=1S/C17H17Cl2NO2/c1-16(20)8-9-17(22-21,13-5-3-2-4-12(13)16)11-6-7-14(18)15(19)10-11/h2-7,10,21H,8-9,20H2,1H3. The van der Waals surface area contributed by atoms with Crippen molar-refractivity contribution in [2.75, 3.05) is 0 Å². The van der Waals surface area contributed by atoms with Crippen molar-refractivity contribution in [1.82, 2.24) is 0 Å². The molecule has 2 aromatic rings. The fourth-order valence-electron chi connectivity index (χ4n) is 3.23. The highest BCUT2D eigenvalue weighted by atomic mass is 35.5. The van der Waals surface area contributed by atoms with E-state index in [1.165, 1.54) is 0 Å². The Morgan fingerprint density at radius 1 is 1.05 bits per heavy atom. The molecule has 0 aromatic heterocycles. The Balaban J connectivity index is 2.24. The first-order valence-corrected chi connectivity index (χ1v) is 7.83. The highest BCUT2D eigenvalue weighted by Gasteiger charge is 2.46. The molecular formula is C17H17Cl2NO2. The van der Waals surface area contributed by atoms with Crippen molar-refractivity contribution in [1.29, 1.82) is 0 Å². The van der Waals surface area contributed by atoms with Crippen LogP contribution in [0.15, 0.2) is 42.5 Å². The van der Waals surface area contributed by atoms with Crippen LogP contribution in [0.5, 0.6) is 0 Å². The van der Waals surface area contributed by atoms with Gasteiger partial charge in [0.15, 0.2) is 5.60 Å². The lowest BCUT2D eigenvalue weighted by Gasteiger charge is -2.43. The molecule has 0 saturated heterocycles. The second-order valence-electron chi connectivity index (χ2n) is 6.01. The van der Waals surface area contributed by atoms with Gasteiger partial charge in [0.25, 0.3) is 0 Å². The van der Waals surface area contributed by atoms with E-state index >= 15 is 0 Å². The van der Waals surface area contributed by atoms with Crippen LogP contribution in [0.25, 0.3) is 0 Å². The third-order valence-corrected chi connectivity index (χ3v) is 5.25. The maximum atomic E-state index is 9.76. The Morgan fingerprint density at radius 3 is 2.36 bits per heavy atom. The van der Waals surface area contributed by atoms with Crippen molar-refractivity contribution in [2.24, 2.45) is 5.73 Å². The molecule has 5 heteroatoms. The van der Waals surface area contributed by atoms with Gasteiger partial charge < -0.3 is 5.73 Å². The molecule has 0 saturated carbocycles. The summed E-state index contributed by atoms with van der Waals surface area (Å²) in [5.41, 5.74) is 7.54. The van der Waals surface area contributed by atoms with Crippen LogP contribution in [0.4, 0.5) is 0 Å². The molecule has 1 aliphatic rings. The Bertz CT molecular complexity index is 718. The first kappa shape index (κ1) is 15.8. The third kappa shape index (κ3) is 2.34. The van der Waals surface area contributed by atoms with Gasteiger partial charge in [0, 0.05) is 5.54 Å². The van der Waals surface area contributed by atoms with Gasteiger partial charge in [-0.2, -0.15) is 0 Å². The van der Waals surface area contributed by atoms with Gasteiger partial charge in [0.1, 0.15) is 0 Å². The summed E-state index contributed by atoms with van der Waals surface area (Å²) in [5, 5.41) is 10.6. The second kappa shape index (κ2) is 5.52. The fraction of sp³-hybridized carbons (Fsp3) is 0.294. The SMILES string of the molecule is CC1(N)CCC(OO)(c2ccc(Cl)c(Cl)c2)c2ccccc21. The van der Waals surface area contributed by atoms with Crippen LogP contribution < -0.4 is 5.73 Å². The van der Waals surface area contributed by atoms with Crippen LogP contribution >= 0.6 is 23.2 Å². The maximum absolute atomic E-state index is 9.76. The second-order valence-corrected chi connectivity index (χ2v) is 6.82. The Labute approximate surface area is 139 Å². The topological polar surface area (TPSA) is 55.5 Å². The molecule has 0 heterocycles. The molecule has 2 unspecified atom stereocenters. The van der Waals surface area contributed by atoms with E-state index < -0.39 is 11.1 Å². The van der Waals surface area contributed by atoms with Gasteiger partial charge in [-0.05, 0) is 48.6 Å². The van der Waals surface area contributed by atoms with E-state index in [9.17, 15) is 5.26 Å². The van der Waals surface area contributed by atoms with Gasteiger partial charge in [0.05, 0.1) is 10.0 Å². The van der Waals surface area contributed by atoms with Crippen LogP contribution in [-0.4, -0.2) is 5.26 Å². The number of nitrogens with two attached hydrogens (primary N) is 1. The van der Waals surface area contributed by atoms with Gasteiger partial charge in [-0.15, -0.1) is 0 Å². The van der Waals surface area contributed by atoms with E-state index in [0.717, 1.165) is 16.7 Å². The van der Waals surface area contributed by atoms with Crippen molar-refractivity contribution in [2.45, 2.75) is 30.9 Å². The number of rotatable bonds is 2. The van der Waals surface area contributed by atoms with Gasteiger partial charge in [-0.1, -0.05) is 53.5 Å². The molecule has 0 aliphatic heterocycles. The van der Waals surface area contributed by atoms with Gasteiger partial charge in [-0.25, -0.2) is 4.89 Å². The molecule has 3 nitrogen and oxygen atoms in total. The number of benzene rings is 2. The van der Waals surface area contributed by atoms with Crippen molar-refractivity contribution in [3.05, 3.63) is 69.2 Å². The zero-order chi connectivity index (χ0) is 16.0. The minimum Gasteiger partial charge on any atom is -0.322 e. The van der Waals surface area contributed by atoms with Crippen LogP contribution in [-0.2, 0) is 16.0 Å². The average Bonchev–Trinajstić information content (AvgIpc) is 2.51. The van der Waals surface area contributed by atoms with Crippen LogP contribution in [0.3, 0.4) is 0 Å². The van der Waals surface area contributed by atoms with Gasteiger partial charge in [-0.3, -0.25) is 5.26 Å². The minimum atomic E-state index is -0.982. The molecule has 2 atom stereocenters. The van der Waals surface area contributed by atoms with Crippen molar-refractivity contribution in [3.8, 4) is 0 Å². The van der Waals surface area contributed by atoms with Gasteiger partial charge in [0.2, 0.25) is 0 Å². The normalized spacial score (nSPS) is 27.5. The maximum Gasteiger partial charge on any atom is 0.154 e. The zero-order valence-corrected chi connectivity index (χ0v) is 13.7. The molecule has 2 aromatic carbocycles. The number of hydrogen-bond acceptors (Lipinski definition) is 3. The fourth-order valence-corrected chi connectivity index (χ4v) is 3.53. The summed E-state index contributed by atoms with van der Waals surface area (Å²) < 4.78 is 0. The minimum absolute atomic E-state index is 0.425. The van der Waals surface area contributed by atoms with Crippen molar-refractivity contribution >= 4 is 23.2 Å². The van der Waals surface area contributed by atoms with E-state index in [0.29, 0.717) is 22.9 Å². The summed E-state index contributed by atoms with van der Waals surface area (Å²) in [4.78, 5) is 5.02. The van der Waals surface area contributed by atoms with Crippen molar-refractivity contribution in [3.63, 3.8) is 0 Å². The predicted octanol–water partition coefficient (Wildman–Crippen LogP) is 4.69. The van der Waals surface area contributed by atoms with Crippen LogP contribution in [0, 0.1) is 0 Å². The molecule has 1 aliphatic carbocycles. The third-order valence-electron chi connectivity index (χ3n) is 4.52. The largest absolute Gasteiger partial charge is 0.322 e. The Kier molecular flexibility index (Phi) is 3.96. The van der Waals surface area contributed by atoms with E-state index in [1.807, 2.05) is 37.3 Å². The first-order valence-electron chi connectivity index (χ1n) is 7.08. The van der Waals surface area contributed by atoms with Gasteiger partial charge >= 0.3 is 0 Å².